The largest absolute Gasteiger partial charge is 0.433 e. The number of carbonyl (C=O) groups is 1. The van der Waals surface area contributed by atoms with Gasteiger partial charge in [0.25, 0.3) is 0 Å². The van der Waals surface area contributed by atoms with E-state index in [1.165, 1.54) is 30.3 Å². The predicted molar refractivity (Wildman–Crippen MR) is 118 cm³/mol. The zero-order chi connectivity index (χ0) is 23.9. The number of nitrogens with zero attached hydrogens (tertiary/aromatic N) is 2. The number of rotatable bonds is 6. The van der Waals surface area contributed by atoms with E-state index in [0.29, 0.717) is 5.56 Å². The lowest BCUT2D eigenvalue weighted by Gasteiger charge is -2.41. The second kappa shape index (κ2) is 8.23. The van der Waals surface area contributed by atoms with Crippen LogP contribution >= 0.6 is 0 Å². The fourth-order valence-corrected chi connectivity index (χ4v) is 5.40. The van der Waals surface area contributed by atoms with Crippen LogP contribution in [0.25, 0.3) is 0 Å². The van der Waals surface area contributed by atoms with Gasteiger partial charge >= 0.3 is 6.61 Å². The molecule has 10 heteroatoms. The highest BCUT2D eigenvalue weighted by atomic mass is 32.2. The number of aromatic nitrogens is 1. The molecule has 0 amide bonds. The summed E-state index contributed by atoms with van der Waals surface area (Å²) in [5, 5.41) is 0. The highest BCUT2D eigenvalue weighted by molar-refractivity contribution is 8.02. The van der Waals surface area contributed by atoms with E-state index >= 15 is 0 Å². The van der Waals surface area contributed by atoms with Crippen LogP contribution in [0.4, 0.5) is 13.2 Å². The molecule has 1 aliphatic rings. The molecule has 2 atom stereocenters. The van der Waals surface area contributed by atoms with Crippen LogP contribution in [0.3, 0.4) is 0 Å². The van der Waals surface area contributed by atoms with Gasteiger partial charge in [0.15, 0.2) is 5.78 Å². The lowest BCUT2D eigenvalue weighted by Crippen LogP contribution is -2.54. The standard InChI is InChI=1S/C22H24F3N3O3S/c1-21(2)19(26)28-22(3,12-32(21,4)30)15-9-13(5-7-16(15)23)10-18(29)17-8-6-14(11-27-17)31-20(24)25/h5-9,11,20H,4,10,12H2,1-3H3,(H2,26,28)/t22-,32?/m0/s1. The fourth-order valence-electron chi connectivity index (χ4n) is 3.48. The van der Waals surface area contributed by atoms with E-state index in [1.54, 1.807) is 20.8 Å². The molecule has 6 nitrogen and oxygen atoms in total. The summed E-state index contributed by atoms with van der Waals surface area (Å²) in [6, 6.07) is 6.65. The van der Waals surface area contributed by atoms with Crippen molar-refractivity contribution >= 4 is 27.0 Å². The van der Waals surface area contributed by atoms with Gasteiger partial charge < -0.3 is 10.5 Å². The minimum Gasteiger partial charge on any atom is -0.433 e. The molecule has 0 fully saturated rings. The summed E-state index contributed by atoms with van der Waals surface area (Å²) in [7, 11) is -2.74. The summed E-state index contributed by atoms with van der Waals surface area (Å²) in [4.78, 5) is 20.9. The monoisotopic (exact) mass is 467 g/mol. The van der Waals surface area contributed by atoms with Gasteiger partial charge in [-0.2, -0.15) is 8.78 Å². The van der Waals surface area contributed by atoms with E-state index in [2.05, 4.69) is 20.6 Å². The fraction of sp³-hybridized carbons (Fsp3) is 0.364. The maximum Gasteiger partial charge on any atom is 0.387 e. The van der Waals surface area contributed by atoms with Crippen LogP contribution in [0.2, 0.25) is 0 Å². The Labute approximate surface area is 184 Å². The summed E-state index contributed by atoms with van der Waals surface area (Å²) in [6.07, 6.45) is 0.915. The summed E-state index contributed by atoms with van der Waals surface area (Å²) < 4.78 is 55.8. The first kappa shape index (κ1) is 23.8. The average Bonchev–Trinajstić information content (AvgIpc) is 2.67. The van der Waals surface area contributed by atoms with E-state index in [4.69, 9.17) is 5.73 Å². The van der Waals surface area contributed by atoms with E-state index in [0.717, 1.165) is 6.20 Å². The van der Waals surface area contributed by atoms with Crippen molar-refractivity contribution in [1.82, 2.24) is 4.98 Å². The number of hydrogen-bond acceptors (Lipinski definition) is 6. The number of pyridine rings is 1. The van der Waals surface area contributed by atoms with Crippen molar-refractivity contribution in [3.8, 4) is 5.75 Å². The molecule has 0 radical (unpaired) electrons. The predicted octanol–water partition coefficient (Wildman–Crippen LogP) is 3.33. The van der Waals surface area contributed by atoms with Crippen molar-refractivity contribution in [3.05, 3.63) is 59.2 Å². The van der Waals surface area contributed by atoms with Crippen LogP contribution in [0.15, 0.2) is 41.5 Å². The molecular weight excluding hydrogens is 443 g/mol. The van der Waals surface area contributed by atoms with Gasteiger partial charge in [-0.15, -0.1) is 0 Å². The number of Topliss-reactive ketones (excluding diaryl/α,β-unsaturated/α-hetero) is 1. The van der Waals surface area contributed by atoms with Crippen molar-refractivity contribution in [3.63, 3.8) is 0 Å². The summed E-state index contributed by atoms with van der Waals surface area (Å²) in [5.41, 5.74) is 5.55. The first-order valence-corrected chi connectivity index (χ1v) is 11.6. The Hall–Kier alpha value is -2.88. The molecule has 0 bridgehead atoms. The number of halogens is 3. The van der Waals surface area contributed by atoms with Crippen LogP contribution in [0.1, 0.15) is 42.4 Å². The smallest absolute Gasteiger partial charge is 0.387 e. The summed E-state index contributed by atoms with van der Waals surface area (Å²) >= 11 is 0. The number of amidine groups is 1. The minimum absolute atomic E-state index is 0.00479. The topological polar surface area (TPSA) is 94.6 Å². The second-order valence-corrected chi connectivity index (χ2v) is 11.3. The molecule has 2 heterocycles. The molecule has 0 saturated carbocycles. The maximum atomic E-state index is 14.8. The minimum atomic E-state index is -2.99. The molecule has 3 rings (SSSR count). The third kappa shape index (κ3) is 4.50. The van der Waals surface area contributed by atoms with E-state index in [-0.39, 0.29) is 35.0 Å². The first-order chi connectivity index (χ1) is 14.7. The van der Waals surface area contributed by atoms with Crippen LogP contribution in [-0.2, 0) is 21.5 Å². The summed E-state index contributed by atoms with van der Waals surface area (Å²) in [6.45, 7) is 2.02. The average molecular weight is 468 g/mol. The Morgan fingerprint density at radius 1 is 1.28 bits per heavy atom. The highest BCUT2D eigenvalue weighted by Gasteiger charge is 2.45. The number of benzene rings is 1. The second-order valence-electron chi connectivity index (χ2n) is 8.41. The van der Waals surface area contributed by atoms with E-state index in [1.807, 2.05) is 0 Å². The number of hydrogen-bond donors (Lipinski definition) is 1. The maximum absolute atomic E-state index is 14.8. The molecule has 172 valence electrons. The van der Waals surface area contributed by atoms with Crippen molar-refractivity contribution in [2.75, 3.05) is 5.75 Å². The zero-order valence-corrected chi connectivity index (χ0v) is 18.7. The normalized spacial score (nSPS) is 24.8. The zero-order valence-electron chi connectivity index (χ0n) is 17.9. The molecule has 0 aliphatic carbocycles. The van der Waals surface area contributed by atoms with Crippen LogP contribution in [0, 0.1) is 5.82 Å². The SMILES string of the molecule is C=S1(=O)C[C@@](C)(c2cc(CC(=O)c3ccc(OC(F)F)cn3)ccc2F)N=C(N)C1(C)C. The van der Waals surface area contributed by atoms with Gasteiger partial charge in [0.2, 0.25) is 0 Å². The molecule has 1 aromatic carbocycles. The first-order valence-electron chi connectivity index (χ1n) is 9.68. The Morgan fingerprint density at radius 3 is 2.53 bits per heavy atom. The molecule has 2 aromatic rings. The number of alkyl halides is 2. The van der Waals surface area contributed by atoms with Crippen LogP contribution in [-0.4, -0.2) is 43.8 Å². The molecule has 1 aromatic heterocycles. The van der Waals surface area contributed by atoms with Gasteiger partial charge in [0, 0.05) is 17.7 Å². The molecule has 0 saturated heterocycles. The number of ether oxygens (including phenoxy) is 1. The molecule has 2 N–H and O–H groups in total. The highest BCUT2D eigenvalue weighted by Crippen LogP contribution is 2.38. The van der Waals surface area contributed by atoms with Gasteiger partial charge in [0.05, 0.1) is 16.5 Å². The van der Waals surface area contributed by atoms with Crippen LogP contribution < -0.4 is 10.5 Å². The number of nitrogens with two attached hydrogens (primary N) is 1. The van der Waals surface area contributed by atoms with E-state index in [9.17, 15) is 22.2 Å². The third-order valence-electron chi connectivity index (χ3n) is 5.65. The van der Waals surface area contributed by atoms with Crippen LogP contribution in [0.5, 0.6) is 5.75 Å². The molecule has 32 heavy (non-hydrogen) atoms. The Bertz CT molecular complexity index is 1180. The van der Waals surface area contributed by atoms with Gasteiger partial charge in [-0.05, 0) is 66.0 Å². The lowest BCUT2D eigenvalue weighted by molar-refractivity contribution is -0.0500. The van der Waals surface area contributed by atoms with Gasteiger partial charge in [-0.1, -0.05) is 6.07 Å². The number of carbonyl (C=O) groups excluding carboxylic acids is 1. The van der Waals surface area contributed by atoms with Gasteiger partial charge in [-0.25, -0.2) is 9.37 Å². The lowest BCUT2D eigenvalue weighted by atomic mass is 9.90. The molecule has 0 spiro atoms. The molecule has 1 aliphatic heterocycles. The molecule has 1 unspecified atom stereocenters. The molecular formula is C22H24F3N3O3S. The van der Waals surface area contributed by atoms with Crippen molar-refractivity contribution < 1.29 is 26.9 Å². The van der Waals surface area contributed by atoms with Crippen molar-refractivity contribution in [2.24, 2.45) is 10.7 Å². The number of aliphatic imine (C=N–C) groups is 1. The third-order valence-corrected chi connectivity index (χ3v) is 8.75. The summed E-state index contributed by atoms with van der Waals surface area (Å²) in [5.74, 6) is 2.83. The van der Waals surface area contributed by atoms with Crippen molar-refractivity contribution in [1.29, 1.82) is 0 Å². The van der Waals surface area contributed by atoms with E-state index < -0.39 is 38.0 Å². The Kier molecular flexibility index (Phi) is 6.12. The van der Waals surface area contributed by atoms with Gasteiger partial charge in [0.1, 0.15) is 23.1 Å². The Morgan fingerprint density at radius 2 is 1.97 bits per heavy atom. The Balaban J connectivity index is 1.89. The quantitative estimate of drug-likeness (QED) is 0.520. The van der Waals surface area contributed by atoms with Gasteiger partial charge in [-0.3, -0.25) is 14.0 Å². The van der Waals surface area contributed by atoms with Crippen molar-refractivity contribution in [2.45, 2.75) is 44.1 Å². The number of ketones is 1.